The second kappa shape index (κ2) is 9.06. The van der Waals surface area contributed by atoms with Crippen LogP contribution < -0.4 is 5.32 Å². The molecule has 114 valence electrons. The van der Waals surface area contributed by atoms with Gasteiger partial charge in [0.15, 0.2) is 0 Å². The van der Waals surface area contributed by atoms with Crippen molar-refractivity contribution in [1.82, 2.24) is 5.32 Å². The van der Waals surface area contributed by atoms with E-state index >= 15 is 0 Å². The number of hydrogen-bond donors (Lipinski definition) is 1. The molecule has 1 aromatic carbocycles. The fourth-order valence-electron chi connectivity index (χ4n) is 2.33. The van der Waals surface area contributed by atoms with Crippen LogP contribution in [0.15, 0.2) is 12.1 Å². The van der Waals surface area contributed by atoms with Crippen LogP contribution in [0.1, 0.15) is 69.5 Å². The van der Waals surface area contributed by atoms with Gasteiger partial charge in [0.2, 0.25) is 0 Å². The Morgan fingerprint density at radius 1 is 1.00 bits per heavy atom. The first-order valence-electron chi connectivity index (χ1n) is 7.75. The minimum absolute atomic E-state index is 0.152. The van der Waals surface area contributed by atoms with Gasteiger partial charge < -0.3 is 5.32 Å². The molecule has 1 N–H and O–H groups in total. The SMILES string of the molecule is CCCCCCCCNC(C)c1cc(F)c(C)cc1F. The molecule has 1 nitrogen and oxygen atoms in total. The Bertz CT molecular complexity index is 404. The van der Waals surface area contributed by atoms with Gasteiger partial charge in [0.05, 0.1) is 0 Å². The molecule has 20 heavy (non-hydrogen) atoms. The number of hydrogen-bond acceptors (Lipinski definition) is 1. The minimum Gasteiger partial charge on any atom is -0.310 e. The average molecular weight is 283 g/mol. The molecule has 3 heteroatoms. The molecule has 0 aromatic heterocycles. The smallest absolute Gasteiger partial charge is 0.128 e. The van der Waals surface area contributed by atoms with Crippen LogP contribution in [0.2, 0.25) is 0 Å². The summed E-state index contributed by atoms with van der Waals surface area (Å²) in [4.78, 5) is 0. The maximum Gasteiger partial charge on any atom is 0.128 e. The second-order valence-electron chi connectivity index (χ2n) is 5.57. The molecular formula is C17H27F2N. The van der Waals surface area contributed by atoms with E-state index in [4.69, 9.17) is 0 Å². The van der Waals surface area contributed by atoms with Crippen LogP contribution in [0.4, 0.5) is 8.78 Å². The zero-order chi connectivity index (χ0) is 15.0. The van der Waals surface area contributed by atoms with Gasteiger partial charge in [-0.2, -0.15) is 0 Å². The quantitative estimate of drug-likeness (QED) is 0.608. The van der Waals surface area contributed by atoms with Gasteiger partial charge in [0.1, 0.15) is 11.6 Å². The summed E-state index contributed by atoms with van der Waals surface area (Å²) in [5.41, 5.74) is 0.772. The molecule has 1 rings (SSSR count). The topological polar surface area (TPSA) is 12.0 Å². The van der Waals surface area contributed by atoms with Crippen molar-refractivity contribution in [2.24, 2.45) is 0 Å². The molecule has 0 amide bonds. The fraction of sp³-hybridized carbons (Fsp3) is 0.647. The summed E-state index contributed by atoms with van der Waals surface area (Å²) in [6.45, 7) is 6.52. The van der Waals surface area contributed by atoms with E-state index in [9.17, 15) is 8.78 Å². The summed E-state index contributed by atoms with van der Waals surface area (Å²) in [6, 6.07) is 2.43. The Labute approximate surface area is 121 Å². The third-order valence-corrected chi connectivity index (χ3v) is 3.73. The highest BCUT2D eigenvalue weighted by Crippen LogP contribution is 2.20. The summed E-state index contributed by atoms with van der Waals surface area (Å²) in [6.07, 6.45) is 7.40. The van der Waals surface area contributed by atoms with Crippen LogP contribution >= 0.6 is 0 Å². The normalized spacial score (nSPS) is 12.7. The summed E-state index contributed by atoms with van der Waals surface area (Å²) in [5, 5.41) is 3.27. The number of rotatable bonds is 9. The van der Waals surface area contributed by atoms with E-state index in [0.29, 0.717) is 11.1 Å². The van der Waals surface area contributed by atoms with Crippen LogP contribution in [0.3, 0.4) is 0 Å². The molecule has 0 fully saturated rings. The summed E-state index contributed by atoms with van der Waals surface area (Å²) < 4.78 is 27.3. The van der Waals surface area contributed by atoms with Crippen molar-refractivity contribution in [1.29, 1.82) is 0 Å². The van der Waals surface area contributed by atoms with Crippen LogP contribution in [0, 0.1) is 18.6 Å². The molecule has 1 aromatic rings. The lowest BCUT2D eigenvalue weighted by Gasteiger charge is -2.16. The molecule has 0 spiro atoms. The minimum atomic E-state index is -0.338. The summed E-state index contributed by atoms with van der Waals surface area (Å²) in [7, 11) is 0. The highest BCUT2D eigenvalue weighted by Gasteiger charge is 2.13. The molecule has 0 bridgehead atoms. The molecule has 0 aliphatic heterocycles. The molecule has 1 unspecified atom stereocenters. The predicted molar refractivity (Wildman–Crippen MR) is 80.9 cm³/mol. The monoisotopic (exact) mass is 283 g/mol. The van der Waals surface area contributed by atoms with E-state index in [1.165, 1.54) is 44.2 Å². The van der Waals surface area contributed by atoms with E-state index in [-0.39, 0.29) is 17.7 Å². The first kappa shape index (κ1) is 17.1. The maximum atomic E-state index is 13.8. The lowest BCUT2D eigenvalue weighted by molar-refractivity contribution is 0.498. The first-order valence-corrected chi connectivity index (χ1v) is 7.75. The number of benzene rings is 1. The van der Waals surface area contributed by atoms with Gasteiger partial charge in [-0.05, 0) is 44.5 Å². The molecule has 0 saturated carbocycles. The molecule has 0 aliphatic carbocycles. The molecule has 0 aliphatic rings. The van der Waals surface area contributed by atoms with Crippen molar-refractivity contribution >= 4 is 0 Å². The Balaban J connectivity index is 2.32. The Morgan fingerprint density at radius 2 is 1.65 bits per heavy atom. The predicted octanol–water partition coefficient (Wildman–Crippen LogP) is 5.28. The van der Waals surface area contributed by atoms with E-state index in [1.54, 1.807) is 6.92 Å². The van der Waals surface area contributed by atoms with E-state index < -0.39 is 0 Å². The third-order valence-electron chi connectivity index (χ3n) is 3.73. The summed E-state index contributed by atoms with van der Waals surface area (Å²) >= 11 is 0. The van der Waals surface area contributed by atoms with Gasteiger partial charge in [-0.3, -0.25) is 0 Å². The van der Waals surface area contributed by atoms with Gasteiger partial charge in [-0.25, -0.2) is 8.78 Å². The lowest BCUT2D eigenvalue weighted by atomic mass is 10.0. The Hall–Kier alpha value is -0.960. The first-order chi connectivity index (χ1) is 9.56. The van der Waals surface area contributed by atoms with E-state index in [2.05, 4.69) is 12.2 Å². The Kier molecular flexibility index (Phi) is 7.75. The third kappa shape index (κ3) is 5.58. The van der Waals surface area contributed by atoms with Crippen molar-refractivity contribution in [2.45, 2.75) is 65.3 Å². The van der Waals surface area contributed by atoms with Gasteiger partial charge in [0.25, 0.3) is 0 Å². The van der Waals surface area contributed by atoms with Crippen molar-refractivity contribution in [3.8, 4) is 0 Å². The van der Waals surface area contributed by atoms with E-state index in [1.807, 2.05) is 6.92 Å². The van der Waals surface area contributed by atoms with Gasteiger partial charge in [-0.1, -0.05) is 39.0 Å². The largest absolute Gasteiger partial charge is 0.310 e. The number of nitrogens with one attached hydrogen (secondary N) is 1. The molecular weight excluding hydrogens is 256 g/mol. The molecule has 0 radical (unpaired) electrons. The molecule has 1 atom stereocenters. The van der Waals surface area contributed by atoms with Crippen LogP contribution in [0.25, 0.3) is 0 Å². The van der Waals surface area contributed by atoms with Crippen molar-refractivity contribution in [3.05, 3.63) is 34.9 Å². The zero-order valence-electron chi connectivity index (χ0n) is 12.9. The van der Waals surface area contributed by atoms with Crippen LogP contribution in [-0.2, 0) is 0 Å². The lowest BCUT2D eigenvalue weighted by Crippen LogP contribution is -2.21. The van der Waals surface area contributed by atoms with Crippen LogP contribution in [-0.4, -0.2) is 6.54 Å². The zero-order valence-corrected chi connectivity index (χ0v) is 12.9. The van der Waals surface area contributed by atoms with Crippen molar-refractivity contribution in [3.63, 3.8) is 0 Å². The number of halogens is 2. The number of unbranched alkanes of at least 4 members (excludes halogenated alkanes) is 5. The summed E-state index contributed by atoms with van der Waals surface area (Å²) in [5.74, 6) is -0.665. The standard InChI is InChI=1S/C17H27F2N/c1-4-5-6-7-8-9-10-20-14(3)15-12-16(18)13(2)11-17(15)19/h11-12,14,20H,4-10H2,1-3H3. The van der Waals surface area contributed by atoms with Crippen LogP contribution in [0.5, 0.6) is 0 Å². The van der Waals surface area contributed by atoms with Gasteiger partial charge >= 0.3 is 0 Å². The number of aryl methyl sites for hydroxylation is 1. The van der Waals surface area contributed by atoms with Crippen molar-refractivity contribution in [2.75, 3.05) is 6.54 Å². The average Bonchev–Trinajstić information content (AvgIpc) is 2.41. The molecule has 0 heterocycles. The molecule has 0 saturated heterocycles. The maximum absolute atomic E-state index is 13.8. The highest BCUT2D eigenvalue weighted by molar-refractivity contribution is 5.27. The van der Waals surface area contributed by atoms with Gasteiger partial charge in [-0.15, -0.1) is 0 Å². The fourth-order valence-corrected chi connectivity index (χ4v) is 2.33. The Morgan fingerprint density at radius 3 is 2.35 bits per heavy atom. The van der Waals surface area contributed by atoms with E-state index in [0.717, 1.165) is 13.0 Å². The second-order valence-corrected chi connectivity index (χ2v) is 5.57. The van der Waals surface area contributed by atoms with Crippen molar-refractivity contribution < 1.29 is 8.78 Å². The van der Waals surface area contributed by atoms with Gasteiger partial charge in [0, 0.05) is 11.6 Å². The highest BCUT2D eigenvalue weighted by atomic mass is 19.1.